The van der Waals surface area contributed by atoms with Crippen LogP contribution in [0.4, 0.5) is 10.5 Å². The first-order valence-electron chi connectivity index (χ1n) is 9.66. The van der Waals surface area contributed by atoms with Crippen molar-refractivity contribution < 1.29 is 4.79 Å². The fraction of sp³-hybridized carbons (Fsp3) is 0.600. The van der Waals surface area contributed by atoms with Crippen molar-refractivity contribution in [2.24, 2.45) is 4.99 Å². The van der Waals surface area contributed by atoms with Gasteiger partial charge in [-0.3, -0.25) is 0 Å². The molecule has 0 saturated carbocycles. The van der Waals surface area contributed by atoms with Crippen LogP contribution in [0.2, 0.25) is 0 Å². The van der Waals surface area contributed by atoms with E-state index >= 15 is 0 Å². The fourth-order valence-electron chi connectivity index (χ4n) is 2.75. The molecular formula is C20H34IN5OS. The lowest BCUT2D eigenvalue weighted by atomic mass is 10.2. The first kappa shape index (κ1) is 24.9. The van der Waals surface area contributed by atoms with Crippen molar-refractivity contribution in [1.82, 2.24) is 15.5 Å². The first-order valence-corrected chi connectivity index (χ1v) is 10.9. The SMILES string of the molecule is CCNC(=NCc1cccc(NC(=O)N2CCCC2)c1)NCC(C)(C)SC.I. The van der Waals surface area contributed by atoms with Crippen LogP contribution in [0.3, 0.4) is 0 Å². The molecule has 0 aromatic heterocycles. The molecule has 1 aliphatic heterocycles. The van der Waals surface area contributed by atoms with E-state index in [2.05, 4.69) is 48.0 Å². The number of urea groups is 1. The lowest BCUT2D eigenvalue weighted by Crippen LogP contribution is -2.43. The Kier molecular flexibility index (Phi) is 11.0. The number of carbonyl (C=O) groups is 1. The molecule has 158 valence electrons. The van der Waals surface area contributed by atoms with Gasteiger partial charge in [-0.05, 0) is 57.6 Å². The van der Waals surface area contributed by atoms with Gasteiger partial charge in [0.1, 0.15) is 0 Å². The van der Waals surface area contributed by atoms with Crippen molar-refractivity contribution in [3.05, 3.63) is 29.8 Å². The molecule has 28 heavy (non-hydrogen) atoms. The summed E-state index contributed by atoms with van der Waals surface area (Å²) in [6, 6.07) is 7.90. The minimum atomic E-state index is -0.0116. The Labute approximate surface area is 190 Å². The number of hydrogen-bond acceptors (Lipinski definition) is 3. The van der Waals surface area contributed by atoms with Gasteiger partial charge in [-0.1, -0.05) is 12.1 Å². The third kappa shape index (κ3) is 8.46. The van der Waals surface area contributed by atoms with E-state index in [1.54, 1.807) is 0 Å². The Hall–Kier alpha value is -1.16. The Morgan fingerprint density at radius 3 is 2.61 bits per heavy atom. The van der Waals surface area contributed by atoms with Gasteiger partial charge in [0, 0.05) is 36.6 Å². The average Bonchev–Trinajstić information content (AvgIpc) is 3.19. The summed E-state index contributed by atoms with van der Waals surface area (Å²) < 4.78 is 0.149. The molecule has 1 aromatic carbocycles. The number of carbonyl (C=O) groups excluding carboxylic acids is 1. The second-order valence-electron chi connectivity index (χ2n) is 7.34. The minimum Gasteiger partial charge on any atom is -0.357 e. The maximum absolute atomic E-state index is 12.3. The number of benzene rings is 1. The normalized spacial score (nSPS) is 14.4. The number of guanidine groups is 1. The third-order valence-corrected chi connectivity index (χ3v) is 5.82. The van der Waals surface area contributed by atoms with Crippen LogP contribution in [0.25, 0.3) is 0 Å². The quantitative estimate of drug-likeness (QED) is 0.288. The van der Waals surface area contributed by atoms with Crippen LogP contribution < -0.4 is 16.0 Å². The standard InChI is InChI=1S/C20H33N5OS.HI/c1-5-21-18(23-15-20(2,3)27-4)22-14-16-9-8-10-17(13-16)24-19(26)25-11-6-7-12-25;/h8-10,13H,5-7,11-12,14-15H2,1-4H3,(H,24,26)(H2,21,22,23);1H. The van der Waals surface area contributed by atoms with Crippen molar-refractivity contribution in [2.45, 2.75) is 44.9 Å². The zero-order valence-corrected chi connectivity index (χ0v) is 20.5. The van der Waals surface area contributed by atoms with Crippen LogP contribution in [0.15, 0.2) is 29.3 Å². The highest BCUT2D eigenvalue weighted by Crippen LogP contribution is 2.19. The summed E-state index contributed by atoms with van der Waals surface area (Å²) in [5, 5.41) is 9.69. The number of nitrogens with one attached hydrogen (secondary N) is 3. The number of anilines is 1. The van der Waals surface area contributed by atoms with E-state index in [-0.39, 0.29) is 34.8 Å². The number of nitrogens with zero attached hydrogens (tertiary/aromatic N) is 2. The monoisotopic (exact) mass is 519 g/mol. The maximum atomic E-state index is 12.3. The van der Waals surface area contributed by atoms with E-state index in [0.29, 0.717) is 6.54 Å². The van der Waals surface area contributed by atoms with Gasteiger partial charge in [0.25, 0.3) is 0 Å². The maximum Gasteiger partial charge on any atom is 0.321 e. The van der Waals surface area contributed by atoms with Crippen LogP contribution in [0.5, 0.6) is 0 Å². The van der Waals surface area contributed by atoms with E-state index in [9.17, 15) is 4.79 Å². The van der Waals surface area contributed by atoms with Crippen molar-refractivity contribution in [3.63, 3.8) is 0 Å². The average molecular weight is 519 g/mol. The second-order valence-corrected chi connectivity index (χ2v) is 8.85. The molecule has 2 amide bonds. The van der Waals surface area contributed by atoms with Crippen molar-refractivity contribution in [3.8, 4) is 0 Å². The number of rotatable bonds is 7. The van der Waals surface area contributed by atoms with Gasteiger partial charge >= 0.3 is 6.03 Å². The molecule has 1 fully saturated rings. The molecule has 1 saturated heterocycles. The summed E-state index contributed by atoms with van der Waals surface area (Å²) in [7, 11) is 0. The largest absolute Gasteiger partial charge is 0.357 e. The minimum absolute atomic E-state index is 0. The van der Waals surface area contributed by atoms with E-state index in [0.717, 1.165) is 56.2 Å². The van der Waals surface area contributed by atoms with Gasteiger partial charge in [-0.25, -0.2) is 9.79 Å². The lowest BCUT2D eigenvalue weighted by Gasteiger charge is -2.23. The predicted molar refractivity (Wildman–Crippen MR) is 132 cm³/mol. The van der Waals surface area contributed by atoms with Gasteiger partial charge < -0.3 is 20.9 Å². The Morgan fingerprint density at radius 2 is 1.96 bits per heavy atom. The molecule has 0 atom stereocenters. The highest BCUT2D eigenvalue weighted by molar-refractivity contribution is 14.0. The van der Waals surface area contributed by atoms with Gasteiger partial charge in [-0.2, -0.15) is 11.8 Å². The highest BCUT2D eigenvalue weighted by atomic mass is 127. The number of aliphatic imine (C=N–C) groups is 1. The first-order chi connectivity index (χ1) is 12.9. The topological polar surface area (TPSA) is 68.8 Å². The van der Waals surface area contributed by atoms with Crippen LogP contribution >= 0.6 is 35.7 Å². The summed E-state index contributed by atoms with van der Waals surface area (Å²) in [4.78, 5) is 18.8. The molecular weight excluding hydrogens is 485 g/mol. The van der Waals surface area contributed by atoms with Gasteiger partial charge in [-0.15, -0.1) is 24.0 Å². The molecule has 8 heteroatoms. The number of halogens is 1. The Morgan fingerprint density at radius 1 is 1.25 bits per heavy atom. The van der Waals surface area contributed by atoms with Gasteiger partial charge in [0.05, 0.1) is 6.54 Å². The summed E-state index contributed by atoms with van der Waals surface area (Å²) in [6.07, 6.45) is 4.30. The van der Waals surface area contributed by atoms with Crippen LogP contribution in [0.1, 0.15) is 39.2 Å². The van der Waals surface area contributed by atoms with E-state index in [1.807, 2.05) is 40.9 Å². The van der Waals surface area contributed by atoms with Crippen molar-refractivity contribution in [1.29, 1.82) is 0 Å². The molecule has 3 N–H and O–H groups in total. The van der Waals surface area contributed by atoms with Crippen molar-refractivity contribution in [2.75, 3.05) is 37.8 Å². The van der Waals surface area contributed by atoms with E-state index in [4.69, 9.17) is 0 Å². The molecule has 0 unspecified atom stereocenters. The van der Waals surface area contributed by atoms with Gasteiger partial charge in [0.15, 0.2) is 5.96 Å². The van der Waals surface area contributed by atoms with Crippen LogP contribution in [0, 0.1) is 0 Å². The summed E-state index contributed by atoms with van der Waals surface area (Å²) in [6.45, 7) is 10.4. The Bertz CT molecular complexity index is 647. The Balaban J connectivity index is 0.00000392. The molecule has 0 radical (unpaired) electrons. The van der Waals surface area contributed by atoms with E-state index in [1.165, 1.54) is 0 Å². The number of hydrogen-bond donors (Lipinski definition) is 3. The molecule has 6 nitrogen and oxygen atoms in total. The number of amides is 2. The van der Waals surface area contributed by atoms with Gasteiger partial charge in [0.2, 0.25) is 0 Å². The summed E-state index contributed by atoms with van der Waals surface area (Å²) in [5.74, 6) is 0.811. The van der Waals surface area contributed by atoms with Crippen LogP contribution in [-0.4, -0.2) is 54.1 Å². The molecule has 0 aliphatic carbocycles. The molecule has 0 spiro atoms. The molecule has 1 aromatic rings. The smallest absolute Gasteiger partial charge is 0.321 e. The molecule has 2 rings (SSSR count). The lowest BCUT2D eigenvalue weighted by molar-refractivity contribution is 0.222. The van der Waals surface area contributed by atoms with E-state index < -0.39 is 0 Å². The third-order valence-electron chi connectivity index (χ3n) is 4.57. The zero-order valence-electron chi connectivity index (χ0n) is 17.4. The fourth-order valence-corrected chi connectivity index (χ4v) is 2.97. The van der Waals surface area contributed by atoms with Crippen molar-refractivity contribution >= 4 is 53.4 Å². The zero-order chi connectivity index (χ0) is 19.7. The summed E-state index contributed by atoms with van der Waals surface area (Å²) in [5.41, 5.74) is 1.89. The summed E-state index contributed by atoms with van der Waals surface area (Å²) >= 11 is 1.83. The highest BCUT2D eigenvalue weighted by Gasteiger charge is 2.18. The second kappa shape index (κ2) is 12.4. The molecule has 0 bridgehead atoms. The number of likely N-dealkylation sites (tertiary alicyclic amines) is 1. The molecule has 1 heterocycles. The number of thioether (sulfide) groups is 1. The predicted octanol–water partition coefficient (Wildman–Crippen LogP) is 4.13. The van der Waals surface area contributed by atoms with Crippen LogP contribution in [-0.2, 0) is 6.54 Å². The molecule has 1 aliphatic rings.